The lowest BCUT2D eigenvalue weighted by atomic mass is 9.75. The molecule has 0 aromatic heterocycles. The minimum Gasteiger partial charge on any atom is -0.459 e. The maximum absolute atomic E-state index is 13.1. The van der Waals surface area contributed by atoms with E-state index in [9.17, 15) is 9.59 Å². The van der Waals surface area contributed by atoms with Crippen LogP contribution in [0, 0.1) is 6.92 Å². The Morgan fingerprint density at radius 2 is 2.11 bits per heavy atom. The van der Waals surface area contributed by atoms with Crippen molar-refractivity contribution in [2.75, 3.05) is 13.2 Å². The van der Waals surface area contributed by atoms with Gasteiger partial charge in [0.05, 0.1) is 11.7 Å². The summed E-state index contributed by atoms with van der Waals surface area (Å²) < 4.78 is 11.2. The maximum Gasteiger partial charge on any atom is 0.336 e. The number of Topliss-reactive ketones (excluding diaryl/α,β-unsaturated/α-hetero) is 1. The van der Waals surface area contributed by atoms with Crippen LogP contribution in [0.4, 0.5) is 0 Å². The highest BCUT2D eigenvalue weighted by Gasteiger charge is 2.39. The predicted molar refractivity (Wildman–Crippen MR) is 106 cm³/mol. The molecule has 2 aliphatic heterocycles. The highest BCUT2D eigenvalue weighted by Crippen LogP contribution is 2.42. The fourth-order valence-electron chi connectivity index (χ4n) is 4.46. The van der Waals surface area contributed by atoms with Crippen LogP contribution in [0.25, 0.3) is 0 Å². The molecule has 1 N–H and O–H groups in total. The number of nitrogens with one attached hydrogen (secondary N) is 1. The van der Waals surface area contributed by atoms with E-state index in [0.29, 0.717) is 12.0 Å². The van der Waals surface area contributed by atoms with Crippen LogP contribution in [-0.4, -0.2) is 31.1 Å². The molecule has 0 spiro atoms. The number of benzene rings is 1. The largest absolute Gasteiger partial charge is 0.459 e. The van der Waals surface area contributed by atoms with Crippen molar-refractivity contribution < 1.29 is 19.1 Å². The van der Waals surface area contributed by atoms with Gasteiger partial charge in [-0.2, -0.15) is 0 Å². The Bertz CT molecular complexity index is 861. The van der Waals surface area contributed by atoms with Crippen LogP contribution in [0.1, 0.15) is 56.1 Å². The molecule has 5 heteroatoms. The lowest BCUT2D eigenvalue weighted by molar-refractivity contribution is -0.142. The van der Waals surface area contributed by atoms with E-state index < -0.39 is 0 Å². The van der Waals surface area contributed by atoms with Gasteiger partial charge in [0.15, 0.2) is 5.78 Å². The zero-order valence-corrected chi connectivity index (χ0v) is 16.5. The summed E-state index contributed by atoms with van der Waals surface area (Å²) in [7, 11) is 0. The van der Waals surface area contributed by atoms with Crippen molar-refractivity contribution in [3.05, 3.63) is 57.9 Å². The number of ether oxygens (including phenoxy) is 2. The van der Waals surface area contributed by atoms with E-state index in [2.05, 4.69) is 11.4 Å². The molecule has 0 bridgehead atoms. The van der Waals surface area contributed by atoms with Crippen LogP contribution in [0.5, 0.6) is 0 Å². The second-order valence-electron chi connectivity index (χ2n) is 7.91. The number of rotatable bonds is 4. The Kier molecular flexibility index (Phi) is 5.36. The molecule has 1 saturated heterocycles. The van der Waals surface area contributed by atoms with Gasteiger partial charge in [0, 0.05) is 35.9 Å². The predicted octanol–water partition coefficient (Wildman–Crippen LogP) is 3.69. The number of allylic oxidation sites excluding steroid dienone is 3. The monoisotopic (exact) mass is 381 g/mol. The fraction of sp³-hybridized carbons (Fsp3) is 0.478. The van der Waals surface area contributed by atoms with E-state index in [-0.39, 0.29) is 30.4 Å². The molecule has 5 nitrogen and oxygen atoms in total. The molecule has 1 aromatic rings. The minimum absolute atomic E-state index is 0.0232. The molecule has 0 radical (unpaired) electrons. The van der Waals surface area contributed by atoms with E-state index in [1.165, 1.54) is 0 Å². The second-order valence-corrected chi connectivity index (χ2v) is 7.91. The number of esters is 1. The van der Waals surface area contributed by atoms with Crippen LogP contribution >= 0.6 is 0 Å². The Balaban J connectivity index is 1.69. The minimum atomic E-state index is -0.374. The quantitative estimate of drug-likeness (QED) is 0.806. The average molecular weight is 381 g/mol. The molecule has 2 atom stereocenters. The molecule has 2 heterocycles. The second kappa shape index (κ2) is 7.92. The van der Waals surface area contributed by atoms with Crippen LogP contribution in [0.15, 0.2) is 46.8 Å². The third-order valence-corrected chi connectivity index (χ3v) is 5.80. The van der Waals surface area contributed by atoms with Crippen molar-refractivity contribution in [2.45, 2.75) is 58.0 Å². The van der Waals surface area contributed by atoms with Gasteiger partial charge in [-0.15, -0.1) is 0 Å². The van der Waals surface area contributed by atoms with Gasteiger partial charge in [-0.1, -0.05) is 29.8 Å². The Labute approximate surface area is 165 Å². The van der Waals surface area contributed by atoms with Crippen molar-refractivity contribution in [1.82, 2.24) is 5.32 Å². The topological polar surface area (TPSA) is 64.6 Å². The maximum atomic E-state index is 13.1. The highest BCUT2D eigenvalue weighted by atomic mass is 16.6. The Hall–Kier alpha value is -2.40. The number of dihydropyridines is 1. The molecule has 0 amide bonds. The van der Waals surface area contributed by atoms with Crippen LogP contribution in [0.2, 0.25) is 0 Å². The average Bonchev–Trinajstić information content (AvgIpc) is 3.19. The van der Waals surface area contributed by atoms with Gasteiger partial charge in [0.1, 0.15) is 6.61 Å². The fourth-order valence-corrected chi connectivity index (χ4v) is 4.46. The third kappa shape index (κ3) is 3.63. The van der Waals surface area contributed by atoms with E-state index >= 15 is 0 Å². The third-order valence-electron chi connectivity index (χ3n) is 5.80. The van der Waals surface area contributed by atoms with Gasteiger partial charge in [0.2, 0.25) is 0 Å². The summed E-state index contributed by atoms with van der Waals surface area (Å²) in [6.45, 7) is 4.90. The summed E-state index contributed by atoms with van der Waals surface area (Å²) in [5, 5.41) is 3.33. The molecule has 3 aliphatic rings. The van der Waals surface area contributed by atoms with Crippen LogP contribution in [-0.2, 0) is 19.1 Å². The molecule has 4 rings (SSSR count). The zero-order chi connectivity index (χ0) is 19.7. The zero-order valence-electron chi connectivity index (χ0n) is 16.5. The van der Waals surface area contributed by atoms with E-state index in [1.54, 1.807) is 0 Å². The SMILES string of the molecule is CC1=C(C(=O)OCC2CCCO2)C(c2cccc(C)c2)C2=C(CCCC2=O)N1. The number of hydrogen-bond acceptors (Lipinski definition) is 5. The summed E-state index contributed by atoms with van der Waals surface area (Å²) in [6, 6.07) is 8.05. The Morgan fingerprint density at radius 3 is 2.86 bits per heavy atom. The summed E-state index contributed by atoms with van der Waals surface area (Å²) >= 11 is 0. The van der Waals surface area contributed by atoms with E-state index in [0.717, 1.165) is 60.4 Å². The van der Waals surface area contributed by atoms with Crippen molar-refractivity contribution in [3.63, 3.8) is 0 Å². The smallest absolute Gasteiger partial charge is 0.336 e. The van der Waals surface area contributed by atoms with E-state index in [4.69, 9.17) is 9.47 Å². The molecule has 28 heavy (non-hydrogen) atoms. The van der Waals surface area contributed by atoms with Gasteiger partial charge < -0.3 is 14.8 Å². The van der Waals surface area contributed by atoms with Crippen molar-refractivity contribution >= 4 is 11.8 Å². The van der Waals surface area contributed by atoms with Gasteiger partial charge in [0.25, 0.3) is 0 Å². The molecule has 1 aromatic carbocycles. The van der Waals surface area contributed by atoms with Crippen LogP contribution < -0.4 is 5.32 Å². The standard InChI is InChI=1S/C23H27NO4/c1-14-6-3-7-16(12-14)21-20(23(26)28-13-17-8-5-11-27-17)15(2)24-18-9-4-10-19(25)22(18)21/h3,6-7,12,17,21,24H,4-5,8-11,13H2,1-2H3. The van der Waals surface area contributed by atoms with Crippen LogP contribution in [0.3, 0.4) is 0 Å². The van der Waals surface area contributed by atoms with Gasteiger partial charge in [-0.05, 0) is 45.1 Å². The molecule has 1 fully saturated rings. The first-order valence-corrected chi connectivity index (χ1v) is 10.1. The number of ketones is 1. The molecular weight excluding hydrogens is 354 g/mol. The summed E-state index contributed by atoms with van der Waals surface area (Å²) in [6.07, 6.45) is 4.10. The number of carbonyl (C=O) groups excluding carboxylic acids is 2. The highest BCUT2D eigenvalue weighted by molar-refractivity contribution is 6.03. The lowest BCUT2D eigenvalue weighted by Crippen LogP contribution is -2.35. The summed E-state index contributed by atoms with van der Waals surface area (Å²) in [5.41, 5.74) is 5.07. The number of carbonyl (C=O) groups is 2. The van der Waals surface area contributed by atoms with E-state index in [1.807, 2.05) is 32.0 Å². The Morgan fingerprint density at radius 1 is 1.25 bits per heavy atom. The molecule has 2 unspecified atom stereocenters. The first kappa shape index (κ1) is 18.9. The van der Waals surface area contributed by atoms with Crippen molar-refractivity contribution in [1.29, 1.82) is 0 Å². The molecule has 148 valence electrons. The van der Waals surface area contributed by atoms with Crippen molar-refractivity contribution in [3.8, 4) is 0 Å². The van der Waals surface area contributed by atoms with Crippen molar-refractivity contribution in [2.24, 2.45) is 0 Å². The summed E-state index contributed by atoms with van der Waals surface area (Å²) in [4.78, 5) is 26.0. The first-order valence-electron chi connectivity index (χ1n) is 10.1. The lowest BCUT2D eigenvalue weighted by Gasteiger charge is -2.34. The summed E-state index contributed by atoms with van der Waals surface area (Å²) in [5.74, 6) is -0.616. The van der Waals surface area contributed by atoms with Gasteiger partial charge >= 0.3 is 5.97 Å². The number of aryl methyl sites for hydroxylation is 1. The molecule has 0 saturated carbocycles. The molecular formula is C23H27NO4. The van der Waals surface area contributed by atoms with Gasteiger partial charge in [-0.3, -0.25) is 4.79 Å². The normalized spacial score (nSPS) is 24.9. The molecule has 1 aliphatic carbocycles. The number of hydrogen-bond donors (Lipinski definition) is 1. The van der Waals surface area contributed by atoms with Gasteiger partial charge in [-0.25, -0.2) is 4.79 Å². The first-order chi connectivity index (χ1) is 13.5.